The Morgan fingerprint density at radius 3 is 2.94 bits per heavy atom. The van der Waals surface area contributed by atoms with Crippen molar-refractivity contribution in [3.8, 4) is 0 Å². The van der Waals surface area contributed by atoms with E-state index in [4.69, 9.17) is 4.74 Å². The molecule has 3 aliphatic rings. The van der Waals surface area contributed by atoms with Gasteiger partial charge in [0.15, 0.2) is 0 Å². The molecule has 0 spiro atoms. The van der Waals surface area contributed by atoms with Crippen LogP contribution >= 0.6 is 0 Å². The lowest BCUT2D eigenvalue weighted by atomic mass is 9.84. The smallest absolute Gasteiger partial charge is 0.0815 e. The maximum Gasteiger partial charge on any atom is 0.0815 e. The average molecular weight is 239 g/mol. The minimum atomic E-state index is -0.410. The summed E-state index contributed by atoms with van der Waals surface area (Å²) in [4.78, 5) is 2.51. The standard InChI is InChI=1S/C14H25NO2/c16-14(7-6-12-4-3-11-17-12)8-10-15-9-2-1-5-13(14)15/h12-13,16H,1-11H2. The minimum Gasteiger partial charge on any atom is -0.388 e. The van der Waals surface area contributed by atoms with Crippen LogP contribution in [-0.2, 0) is 4.74 Å². The van der Waals surface area contributed by atoms with Crippen molar-refractivity contribution in [2.75, 3.05) is 19.7 Å². The Morgan fingerprint density at radius 2 is 2.12 bits per heavy atom. The van der Waals surface area contributed by atoms with Gasteiger partial charge in [0.2, 0.25) is 0 Å². The molecule has 17 heavy (non-hydrogen) atoms. The molecule has 0 saturated carbocycles. The van der Waals surface area contributed by atoms with Gasteiger partial charge >= 0.3 is 0 Å². The van der Waals surface area contributed by atoms with Crippen molar-refractivity contribution in [3.63, 3.8) is 0 Å². The zero-order valence-electron chi connectivity index (χ0n) is 10.7. The molecule has 3 atom stereocenters. The summed E-state index contributed by atoms with van der Waals surface area (Å²) in [6.45, 7) is 3.23. The number of hydrogen-bond donors (Lipinski definition) is 1. The first-order chi connectivity index (χ1) is 8.28. The number of aliphatic hydroxyl groups is 1. The van der Waals surface area contributed by atoms with Crippen molar-refractivity contribution in [2.45, 2.75) is 69.1 Å². The summed E-state index contributed by atoms with van der Waals surface area (Å²) in [7, 11) is 0. The fourth-order valence-corrected chi connectivity index (χ4v) is 3.95. The second-order valence-electron chi connectivity index (χ2n) is 6.07. The first-order valence-electron chi connectivity index (χ1n) is 7.36. The Hall–Kier alpha value is -0.120. The maximum absolute atomic E-state index is 10.8. The van der Waals surface area contributed by atoms with Crippen molar-refractivity contribution >= 4 is 0 Å². The van der Waals surface area contributed by atoms with Crippen LogP contribution in [0.4, 0.5) is 0 Å². The second-order valence-corrected chi connectivity index (χ2v) is 6.07. The van der Waals surface area contributed by atoms with E-state index in [0.717, 1.165) is 32.4 Å². The van der Waals surface area contributed by atoms with Crippen molar-refractivity contribution < 1.29 is 9.84 Å². The van der Waals surface area contributed by atoms with Gasteiger partial charge in [0.05, 0.1) is 11.7 Å². The molecule has 3 saturated heterocycles. The van der Waals surface area contributed by atoms with Gasteiger partial charge in [-0.15, -0.1) is 0 Å². The lowest BCUT2D eigenvalue weighted by Gasteiger charge is -2.37. The zero-order valence-corrected chi connectivity index (χ0v) is 10.7. The van der Waals surface area contributed by atoms with E-state index in [-0.39, 0.29) is 0 Å². The van der Waals surface area contributed by atoms with Crippen LogP contribution in [0.25, 0.3) is 0 Å². The fourth-order valence-electron chi connectivity index (χ4n) is 3.95. The van der Waals surface area contributed by atoms with Crippen molar-refractivity contribution in [3.05, 3.63) is 0 Å². The van der Waals surface area contributed by atoms with Gasteiger partial charge in [-0.05, 0) is 51.5 Å². The van der Waals surface area contributed by atoms with E-state index in [1.165, 1.54) is 38.6 Å². The zero-order chi connectivity index (χ0) is 11.7. The fraction of sp³-hybridized carbons (Fsp3) is 1.00. The molecule has 0 radical (unpaired) electrons. The van der Waals surface area contributed by atoms with E-state index >= 15 is 0 Å². The molecule has 98 valence electrons. The highest BCUT2D eigenvalue weighted by atomic mass is 16.5. The highest BCUT2D eigenvalue weighted by molar-refractivity contribution is 5.01. The van der Waals surface area contributed by atoms with Gasteiger partial charge in [-0.3, -0.25) is 4.90 Å². The van der Waals surface area contributed by atoms with Crippen molar-refractivity contribution in [2.24, 2.45) is 0 Å². The van der Waals surface area contributed by atoms with Gasteiger partial charge in [0.1, 0.15) is 0 Å². The molecule has 3 unspecified atom stereocenters. The average Bonchev–Trinajstić information content (AvgIpc) is 2.97. The molecule has 3 fully saturated rings. The molecule has 3 nitrogen and oxygen atoms in total. The summed E-state index contributed by atoms with van der Waals surface area (Å²) in [5.41, 5.74) is -0.410. The molecule has 3 rings (SSSR count). The van der Waals surface area contributed by atoms with Gasteiger partial charge in [-0.25, -0.2) is 0 Å². The summed E-state index contributed by atoms with van der Waals surface area (Å²) in [6, 6.07) is 0.442. The monoisotopic (exact) mass is 239 g/mol. The predicted octanol–water partition coefficient (Wildman–Crippen LogP) is 1.93. The first-order valence-corrected chi connectivity index (χ1v) is 7.36. The van der Waals surface area contributed by atoms with Gasteiger partial charge in [0.25, 0.3) is 0 Å². The highest BCUT2D eigenvalue weighted by Gasteiger charge is 2.46. The number of ether oxygens (including phenoxy) is 1. The Labute approximate surface area is 104 Å². The largest absolute Gasteiger partial charge is 0.388 e. The number of fused-ring (bicyclic) bond motifs is 1. The van der Waals surface area contributed by atoms with Gasteiger partial charge in [-0.2, -0.15) is 0 Å². The molecule has 0 amide bonds. The normalized spacial score (nSPS) is 42.9. The molecule has 3 heterocycles. The molecule has 0 aromatic rings. The molecule has 3 heteroatoms. The van der Waals surface area contributed by atoms with E-state index in [0.29, 0.717) is 12.1 Å². The van der Waals surface area contributed by atoms with Gasteiger partial charge < -0.3 is 9.84 Å². The van der Waals surface area contributed by atoms with E-state index in [2.05, 4.69) is 4.90 Å². The number of nitrogens with zero attached hydrogens (tertiary/aromatic N) is 1. The molecule has 1 N–H and O–H groups in total. The highest BCUT2D eigenvalue weighted by Crippen LogP contribution is 2.38. The van der Waals surface area contributed by atoms with Crippen LogP contribution in [0.1, 0.15) is 51.4 Å². The Balaban J connectivity index is 1.56. The molecule has 0 bridgehead atoms. The van der Waals surface area contributed by atoms with Crippen LogP contribution in [0.5, 0.6) is 0 Å². The number of hydrogen-bond acceptors (Lipinski definition) is 3. The third kappa shape index (κ3) is 2.38. The van der Waals surface area contributed by atoms with E-state index in [9.17, 15) is 5.11 Å². The lowest BCUT2D eigenvalue weighted by Crippen LogP contribution is -2.47. The minimum absolute atomic E-state index is 0.410. The molecular weight excluding hydrogens is 214 g/mol. The van der Waals surface area contributed by atoms with Crippen molar-refractivity contribution in [1.29, 1.82) is 0 Å². The number of piperidine rings is 1. The van der Waals surface area contributed by atoms with E-state index in [1.807, 2.05) is 0 Å². The Bertz CT molecular complexity index is 265. The SMILES string of the molecule is OC1(CCC2CCCO2)CCN2CCCCC21. The summed E-state index contributed by atoms with van der Waals surface area (Å²) < 4.78 is 5.67. The van der Waals surface area contributed by atoms with E-state index in [1.54, 1.807) is 0 Å². The van der Waals surface area contributed by atoms with Crippen molar-refractivity contribution in [1.82, 2.24) is 4.90 Å². The van der Waals surface area contributed by atoms with Gasteiger partial charge in [-0.1, -0.05) is 6.42 Å². The topological polar surface area (TPSA) is 32.7 Å². The van der Waals surface area contributed by atoms with Crippen LogP contribution in [-0.4, -0.2) is 47.4 Å². The quantitative estimate of drug-likeness (QED) is 0.817. The second kappa shape index (κ2) is 4.87. The van der Waals surface area contributed by atoms with Crippen LogP contribution < -0.4 is 0 Å². The van der Waals surface area contributed by atoms with Crippen LogP contribution in [0, 0.1) is 0 Å². The molecule has 3 aliphatic heterocycles. The predicted molar refractivity (Wildman–Crippen MR) is 67.0 cm³/mol. The summed E-state index contributed by atoms with van der Waals surface area (Å²) in [6.07, 6.45) is 9.62. The Morgan fingerprint density at radius 1 is 1.18 bits per heavy atom. The van der Waals surface area contributed by atoms with Crippen LogP contribution in [0.3, 0.4) is 0 Å². The Kier molecular flexibility index (Phi) is 3.42. The van der Waals surface area contributed by atoms with Crippen LogP contribution in [0.2, 0.25) is 0 Å². The third-order valence-corrected chi connectivity index (χ3v) is 4.99. The van der Waals surface area contributed by atoms with Gasteiger partial charge in [0, 0.05) is 19.2 Å². The molecule has 0 aliphatic carbocycles. The summed E-state index contributed by atoms with van der Waals surface area (Å²) in [5, 5.41) is 10.8. The molecule has 0 aromatic heterocycles. The molecule has 0 aromatic carbocycles. The van der Waals surface area contributed by atoms with E-state index < -0.39 is 5.60 Å². The summed E-state index contributed by atoms with van der Waals surface area (Å²) in [5.74, 6) is 0. The van der Waals surface area contributed by atoms with Crippen LogP contribution in [0.15, 0.2) is 0 Å². The third-order valence-electron chi connectivity index (χ3n) is 4.99. The molecular formula is C14H25NO2. The lowest BCUT2D eigenvalue weighted by molar-refractivity contribution is -0.0277. The first kappa shape index (κ1) is 11.9. The number of rotatable bonds is 3. The maximum atomic E-state index is 10.8. The summed E-state index contributed by atoms with van der Waals surface area (Å²) >= 11 is 0.